The third kappa shape index (κ3) is 9.97. The van der Waals surface area contributed by atoms with E-state index in [9.17, 15) is 9.18 Å². The van der Waals surface area contributed by atoms with E-state index in [0.29, 0.717) is 60.9 Å². The van der Waals surface area contributed by atoms with E-state index in [1.165, 1.54) is 23.3 Å². The lowest BCUT2D eigenvalue weighted by Crippen LogP contribution is -2.47. The van der Waals surface area contributed by atoms with E-state index in [2.05, 4.69) is 45.2 Å². The van der Waals surface area contributed by atoms with Crippen molar-refractivity contribution in [3.63, 3.8) is 0 Å². The summed E-state index contributed by atoms with van der Waals surface area (Å²) in [5, 5.41) is 0. The van der Waals surface area contributed by atoms with Gasteiger partial charge in [0, 0.05) is 51.3 Å². The van der Waals surface area contributed by atoms with Gasteiger partial charge in [0.1, 0.15) is 23.9 Å². The van der Waals surface area contributed by atoms with Gasteiger partial charge in [0.2, 0.25) is 17.5 Å². The maximum Gasteiger partial charge on any atom is 0.246 e. The van der Waals surface area contributed by atoms with Crippen molar-refractivity contribution in [1.82, 2.24) is 19.8 Å². The Bertz CT molecular complexity index is 2190. The van der Waals surface area contributed by atoms with Crippen LogP contribution >= 0.6 is 11.3 Å². The molecular formula is C43H41FN4O6S. The van der Waals surface area contributed by atoms with Gasteiger partial charge in [0.05, 0.1) is 42.8 Å². The van der Waals surface area contributed by atoms with Gasteiger partial charge in [0.15, 0.2) is 11.5 Å². The van der Waals surface area contributed by atoms with Crippen LogP contribution in [-0.2, 0) is 24.4 Å². The lowest BCUT2D eigenvalue weighted by molar-refractivity contribution is -0.127. The number of ether oxygens (including phenoxy) is 5. The van der Waals surface area contributed by atoms with E-state index >= 15 is 0 Å². The summed E-state index contributed by atoms with van der Waals surface area (Å²) in [5.41, 5.74) is 6.98. The SMILES string of the molecule is COc1cc(C=CC(=O)N2CCN(Cc3ccc(CCOc4ccc(F)cc4)cc3)CC2)cc(OC)c1Oc1ccc(OCc2ccc3ncsc3c2)cn1. The molecule has 10 nitrogen and oxygen atoms in total. The largest absolute Gasteiger partial charge is 0.493 e. The minimum absolute atomic E-state index is 0.0549. The van der Waals surface area contributed by atoms with E-state index in [1.807, 2.05) is 22.5 Å². The molecule has 2 aromatic heterocycles. The second-order valence-corrected chi connectivity index (χ2v) is 13.8. The standard InChI is InChI=1S/C43H41FN4O6S/c1-50-38-23-32(24-39(51-2)43(38)54-41-15-13-36(26-45-41)53-28-33-7-14-37-40(25-33)55-29-46-37)8-16-42(49)48-20-18-47(19-21-48)27-31-5-3-30(4-6-31)17-22-52-35-11-9-34(44)10-12-35/h3-16,23-26,29H,17-22,27-28H2,1-2H3. The van der Waals surface area contributed by atoms with Crippen molar-refractivity contribution < 1.29 is 32.9 Å². The molecule has 55 heavy (non-hydrogen) atoms. The molecule has 0 unspecified atom stereocenters. The Morgan fingerprint density at radius 1 is 0.800 bits per heavy atom. The maximum absolute atomic E-state index is 13.2. The van der Waals surface area contributed by atoms with Crippen LogP contribution in [0, 0.1) is 5.82 Å². The normalized spacial score (nSPS) is 13.3. The summed E-state index contributed by atoms with van der Waals surface area (Å²) in [4.78, 5) is 26.1. The van der Waals surface area contributed by atoms with E-state index < -0.39 is 0 Å². The van der Waals surface area contributed by atoms with Crippen LogP contribution in [0.3, 0.4) is 0 Å². The van der Waals surface area contributed by atoms with Gasteiger partial charge < -0.3 is 28.6 Å². The average molecular weight is 761 g/mol. The van der Waals surface area contributed by atoms with Gasteiger partial charge >= 0.3 is 0 Å². The number of carbonyl (C=O) groups is 1. The number of hydrogen-bond donors (Lipinski definition) is 0. The second kappa shape index (κ2) is 17.9. The molecular weight excluding hydrogens is 720 g/mol. The summed E-state index contributed by atoms with van der Waals surface area (Å²) in [6.07, 6.45) is 5.71. The molecule has 1 aliphatic heterocycles. The number of benzene rings is 4. The predicted octanol–water partition coefficient (Wildman–Crippen LogP) is 8.20. The Balaban J connectivity index is 0.876. The molecule has 1 saturated heterocycles. The fourth-order valence-electron chi connectivity index (χ4n) is 6.16. The Morgan fingerprint density at radius 3 is 2.22 bits per heavy atom. The summed E-state index contributed by atoms with van der Waals surface area (Å²) in [5.74, 6) is 2.52. The molecule has 0 aliphatic carbocycles. The molecule has 0 atom stereocenters. The fourth-order valence-corrected chi connectivity index (χ4v) is 6.90. The fraction of sp³-hybridized carbons (Fsp3) is 0.233. The van der Waals surface area contributed by atoms with Gasteiger partial charge in [-0.05, 0) is 82.9 Å². The minimum atomic E-state index is -0.276. The number of pyridine rings is 1. The maximum atomic E-state index is 13.2. The van der Waals surface area contributed by atoms with Gasteiger partial charge in [-0.1, -0.05) is 30.3 Å². The zero-order valence-electron chi connectivity index (χ0n) is 30.7. The molecule has 0 spiro atoms. The first-order chi connectivity index (χ1) is 26.9. The number of methoxy groups -OCH3 is 2. The third-order valence-electron chi connectivity index (χ3n) is 9.20. The zero-order valence-corrected chi connectivity index (χ0v) is 31.5. The molecule has 0 radical (unpaired) electrons. The van der Waals surface area contributed by atoms with Crippen molar-refractivity contribution in [3.8, 4) is 34.6 Å². The van der Waals surface area contributed by atoms with Crippen LogP contribution in [-0.4, -0.2) is 72.7 Å². The number of hydrogen-bond acceptors (Lipinski definition) is 10. The highest BCUT2D eigenvalue weighted by atomic mass is 32.1. The van der Waals surface area contributed by atoms with E-state index in [4.69, 9.17) is 23.7 Å². The molecule has 0 bridgehead atoms. The average Bonchev–Trinajstić information content (AvgIpc) is 3.70. The van der Waals surface area contributed by atoms with E-state index in [0.717, 1.165) is 47.4 Å². The molecule has 1 aliphatic rings. The summed E-state index contributed by atoms with van der Waals surface area (Å²) >= 11 is 1.60. The van der Waals surface area contributed by atoms with Gasteiger partial charge in [-0.3, -0.25) is 9.69 Å². The summed E-state index contributed by atoms with van der Waals surface area (Å²) in [6.45, 7) is 4.59. The zero-order chi connectivity index (χ0) is 38.0. The van der Waals surface area contributed by atoms with Crippen LogP contribution in [0.2, 0.25) is 0 Å². The topological polar surface area (TPSA) is 95.5 Å². The molecule has 7 rings (SSSR count). The first kappa shape index (κ1) is 37.3. The molecule has 0 saturated carbocycles. The molecule has 3 heterocycles. The molecule has 12 heteroatoms. The Kier molecular flexibility index (Phi) is 12.2. The number of nitrogens with zero attached hydrogens (tertiary/aromatic N) is 4. The first-order valence-electron chi connectivity index (χ1n) is 17.9. The minimum Gasteiger partial charge on any atom is -0.493 e. The Labute approximate surface area is 323 Å². The van der Waals surface area contributed by atoms with Gasteiger partial charge in [-0.25, -0.2) is 14.4 Å². The third-order valence-corrected chi connectivity index (χ3v) is 10.00. The number of carbonyl (C=O) groups excluding carboxylic acids is 1. The van der Waals surface area contributed by atoms with Crippen molar-refractivity contribution in [1.29, 1.82) is 0 Å². The highest BCUT2D eigenvalue weighted by Gasteiger charge is 2.20. The number of fused-ring (bicyclic) bond motifs is 1. The molecule has 4 aromatic carbocycles. The summed E-state index contributed by atoms with van der Waals surface area (Å²) < 4.78 is 43.3. The van der Waals surface area contributed by atoms with E-state index in [1.54, 1.807) is 80.3 Å². The summed E-state index contributed by atoms with van der Waals surface area (Å²) in [7, 11) is 3.10. The lowest BCUT2D eigenvalue weighted by Gasteiger charge is -2.34. The van der Waals surface area contributed by atoms with Crippen LogP contribution < -0.4 is 23.7 Å². The first-order valence-corrected chi connectivity index (χ1v) is 18.8. The molecule has 282 valence electrons. The van der Waals surface area contributed by atoms with Crippen LogP contribution in [0.15, 0.2) is 109 Å². The van der Waals surface area contributed by atoms with Crippen LogP contribution in [0.5, 0.6) is 34.6 Å². The van der Waals surface area contributed by atoms with Crippen molar-refractivity contribution in [2.75, 3.05) is 47.0 Å². The Hall–Kier alpha value is -5.98. The quantitative estimate of drug-likeness (QED) is 0.0961. The summed E-state index contributed by atoms with van der Waals surface area (Å²) in [6, 6.07) is 27.8. The van der Waals surface area contributed by atoms with Crippen molar-refractivity contribution in [3.05, 3.63) is 137 Å². The molecule has 6 aromatic rings. The molecule has 1 amide bonds. The number of piperazine rings is 1. The smallest absolute Gasteiger partial charge is 0.246 e. The highest BCUT2D eigenvalue weighted by molar-refractivity contribution is 7.16. The van der Waals surface area contributed by atoms with Crippen molar-refractivity contribution in [2.24, 2.45) is 0 Å². The van der Waals surface area contributed by atoms with Crippen LogP contribution in [0.1, 0.15) is 22.3 Å². The van der Waals surface area contributed by atoms with Crippen LogP contribution in [0.4, 0.5) is 4.39 Å². The molecule has 0 N–H and O–H groups in total. The number of rotatable bonds is 15. The second-order valence-electron chi connectivity index (χ2n) is 12.9. The number of thiazole rings is 1. The Morgan fingerprint density at radius 2 is 1.51 bits per heavy atom. The van der Waals surface area contributed by atoms with Gasteiger partial charge in [0.25, 0.3) is 0 Å². The monoisotopic (exact) mass is 760 g/mol. The van der Waals surface area contributed by atoms with Crippen LogP contribution in [0.25, 0.3) is 16.3 Å². The number of aromatic nitrogens is 2. The van der Waals surface area contributed by atoms with Crippen molar-refractivity contribution in [2.45, 2.75) is 19.6 Å². The van der Waals surface area contributed by atoms with Gasteiger partial charge in [-0.15, -0.1) is 11.3 Å². The predicted molar refractivity (Wildman–Crippen MR) is 211 cm³/mol. The van der Waals surface area contributed by atoms with E-state index in [-0.39, 0.29) is 11.7 Å². The van der Waals surface area contributed by atoms with Gasteiger partial charge in [-0.2, -0.15) is 0 Å². The molecule has 1 fully saturated rings. The van der Waals surface area contributed by atoms with Crippen molar-refractivity contribution >= 4 is 33.5 Å². The lowest BCUT2D eigenvalue weighted by atomic mass is 10.1. The number of halogens is 1. The highest BCUT2D eigenvalue weighted by Crippen LogP contribution is 2.41. The number of amides is 1.